The van der Waals surface area contributed by atoms with Gasteiger partial charge in [0, 0.05) is 4.47 Å². The molecule has 3 nitrogen and oxygen atoms in total. The summed E-state index contributed by atoms with van der Waals surface area (Å²) in [6.45, 7) is 0. The van der Waals surface area contributed by atoms with Crippen molar-refractivity contribution in [2.75, 3.05) is 5.32 Å². The first-order valence-electron chi connectivity index (χ1n) is 6.86. The van der Waals surface area contributed by atoms with Crippen molar-refractivity contribution in [3.8, 4) is 6.07 Å². The number of benzene rings is 1. The van der Waals surface area contributed by atoms with Gasteiger partial charge in [-0.05, 0) is 25.0 Å². The predicted octanol–water partition coefficient (Wildman–Crippen LogP) is 4.53. The Hall–Kier alpha value is -1.48. The summed E-state index contributed by atoms with van der Waals surface area (Å²) in [4.78, 5) is 12.4. The van der Waals surface area contributed by atoms with Gasteiger partial charge in [0.25, 0.3) is 0 Å². The number of nitrogens with one attached hydrogen (secondary N) is 1. The van der Waals surface area contributed by atoms with Gasteiger partial charge in [0.15, 0.2) is 11.6 Å². The molecule has 0 bridgehead atoms. The summed E-state index contributed by atoms with van der Waals surface area (Å²) in [7, 11) is 0. The van der Waals surface area contributed by atoms with Gasteiger partial charge in [-0.2, -0.15) is 5.26 Å². The number of nitriles is 1. The normalized spacial score (nSPS) is 17.6. The first kappa shape index (κ1) is 15.9. The van der Waals surface area contributed by atoms with Gasteiger partial charge in [0.2, 0.25) is 5.91 Å². The van der Waals surface area contributed by atoms with E-state index in [1.807, 2.05) is 0 Å². The average molecular weight is 357 g/mol. The standard InChI is InChI=1S/C15H15BrF2N2O/c16-10-7-11(17)13(12(18)8-10)20-14(21)15(9-19)5-3-1-2-4-6-15/h7-8H,1-6H2,(H,20,21). The lowest BCUT2D eigenvalue weighted by Gasteiger charge is -2.23. The Morgan fingerprint density at radius 1 is 1.19 bits per heavy atom. The third-order valence-electron chi connectivity index (χ3n) is 3.85. The van der Waals surface area contributed by atoms with Crippen molar-refractivity contribution in [3.05, 3.63) is 28.2 Å². The number of halogens is 3. The molecule has 1 fully saturated rings. The molecule has 2 rings (SSSR count). The van der Waals surface area contributed by atoms with E-state index in [1.165, 1.54) is 0 Å². The van der Waals surface area contributed by atoms with Crippen LogP contribution in [-0.2, 0) is 4.79 Å². The van der Waals surface area contributed by atoms with Crippen LogP contribution in [-0.4, -0.2) is 5.91 Å². The third-order valence-corrected chi connectivity index (χ3v) is 4.31. The molecule has 0 unspecified atom stereocenters. The Bertz CT molecular complexity index is 567. The zero-order valence-electron chi connectivity index (χ0n) is 11.4. The van der Waals surface area contributed by atoms with E-state index in [9.17, 15) is 18.8 Å². The lowest BCUT2D eigenvalue weighted by atomic mass is 9.81. The van der Waals surface area contributed by atoms with Crippen molar-refractivity contribution in [1.82, 2.24) is 0 Å². The first-order valence-corrected chi connectivity index (χ1v) is 7.65. The van der Waals surface area contributed by atoms with Gasteiger partial charge < -0.3 is 5.32 Å². The van der Waals surface area contributed by atoms with Crippen molar-refractivity contribution in [1.29, 1.82) is 5.26 Å². The number of carbonyl (C=O) groups excluding carboxylic acids is 1. The maximum atomic E-state index is 13.8. The lowest BCUT2D eigenvalue weighted by Crippen LogP contribution is -2.35. The molecule has 1 amide bonds. The fraction of sp³-hybridized carbons (Fsp3) is 0.467. The summed E-state index contributed by atoms with van der Waals surface area (Å²) in [6, 6.07) is 4.21. The van der Waals surface area contributed by atoms with Crippen molar-refractivity contribution in [2.45, 2.75) is 38.5 Å². The maximum Gasteiger partial charge on any atom is 0.245 e. The van der Waals surface area contributed by atoms with E-state index >= 15 is 0 Å². The second-order valence-corrected chi connectivity index (χ2v) is 6.22. The second-order valence-electron chi connectivity index (χ2n) is 5.31. The molecule has 0 saturated heterocycles. The molecule has 112 valence electrons. The fourth-order valence-corrected chi connectivity index (χ4v) is 3.02. The van der Waals surface area contributed by atoms with Crippen molar-refractivity contribution in [2.24, 2.45) is 5.41 Å². The van der Waals surface area contributed by atoms with E-state index < -0.39 is 28.6 Å². The minimum Gasteiger partial charge on any atom is -0.320 e. The van der Waals surface area contributed by atoms with Gasteiger partial charge in [-0.25, -0.2) is 8.78 Å². The van der Waals surface area contributed by atoms with Crippen molar-refractivity contribution < 1.29 is 13.6 Å². The second kappa shape index (κ2) is 6.52. The molecule has 0 atom stereocenters. The Morgan fingerprint density at radius 3 is 2.19 bits per heavy atom. The van der Waals surface area contributed by atoms with E-state index in [0.717, 1.165) is 37.8 Å². The van der Waals surface area contributed by atoms with Gasteiger partial charge in [-0.15, -0.1) is 0 Å². The number of nitrogens with zero attached hydrogens (tertiary/aromatic N) is 1. The molecule has 1 aromatic rings. The van der Waals surface area contributed by atoms with E-state index in [0.29, 0.717) is 12.8 Å². The van der Waals surface area contributed by atoms with E-state index in [1.54, 1.807) is 0 Å². The summed E-state index contributed by atoms with van der Waals surface area (Å²) in [5.41, 5.74) is -1.69. The molecule has 6 heteroatoms. The zero-order valence-corrected chi connectivity index (χ0v) is 13.0. The maximum absolute atomic E-state index is 13.8. The van der Waals surface area contributed by atoms with Gasteiger partial charge in [-0.3, -0.25) is 4.79 Å². The molecule has 1 aliphatic rings. The third kappa shape index (κ3) is 3.41. The Kier molecular flexibility index (Phi) is 4.94. The summed E-state index contributed by atoms with van der Waals surface area (Å²) >= 11 is 2.98. The van der Waals surface area contributed by atoms with Crippen LogP contribution in [0.5, 0.6) is 0 Å². The van der Waals surface area contributed by atoms with Gasteiger partial charge in [0.1, 0.15) is 11.1 Å². The summed E-state index contributed by atoms with van der Waals surface area (Å²) in [5.74, 6) is -2.35. The molecular weight excluding hydrogens is 342 g/mol. The molecule has 0 radical (unpaired) electrons. The molecule has 21 heavy (non-hydrogen) atoms. The van der Waals surface area contributed by atoms with Gasteiger partial charge in [-0.1, -0.05) is 41.6 Å². The van der Waals surface area contributed by atoms with Crippen LogP contribution in [0.4, 0.5) is 14.5 Å². The number of carbonyl (C=O) groups is 1. The van der Waals surface area contributed by atoms with Crippen LogP contribution in [0.3, 0.4) is 0 Å². The number of amides is 1. The molecule has 1 aliphatic carbocycles. The minimum absolute atomic E-state index is 0.250. The number of hydrogen-bond donors (Lipinski definition) is 1. The van der Waals surface area contributed by atoms with Crippen molar-refractivity contribution >= 4 is 27.5 Å². The highest BCUT2D eigenvalue weighted by Crippen LogP contribution is 2.36. The molecule has 0 spiro atoms. The van der Waals surface area contributed by atoms with E-state index in [-0.39, 0.29) is 4.47 Å². The molecular formula is C15H15BrF2N2O. The van der Waals surface area contributed by atoms with Gasteiger partial charge in [0.05, 0.1) is 6.07 Å². The van der Waals surface area contributed by atoms with Crippen LogP contribution in [0.15, 0.2) is 16.6 Å². The first-order chi connectivity index (χ1) is 9.98. The van der Waals surface area contributed by atoms with Crippen LogP contribution in [0.2, 0.25) is 0 Å². The van der Waals surface area contributed by atoms with Crippen LogP contribution >= 0.6 is 15.9 Å². The van der Waals surface area contributed by atoms with E-state index in [2.05, 4.69) is 27.3 Å². The number of hydrogen-bond acceptors (Lipinski definition) is 2. The van der Waals surface area contributed by atoms with Crippen LogP contribution < -0.4 is 5.32 Å². The average Bonchev–Trinajstić information content (AvgIpc) is 2.68. The fourth-order valence-electron chi connectivity index (χ4n) is 2.62. The Labute approximate surface area is 130 Å². The highest BCUT2D eigenvalue weighted by molar-refractivity contribution is 9.10. The zero-order chi connectivity index (χ0) is 15.5. The topological polar surface area (TPSA) is 52.9 Å². The summed E-state index contributed by atoms with van der Waals surface area (Å²) in [6.07, 6.45) is 4.33. The Balaban J connectivity index is 2.26. The molecule has 0 heterocycles. The molecule has 0 aromatic heterocycles. The highest BCUT2D eigenvalue weighted by atomic mass is 79.9. The monoisotopic (exact) mass is 356 g/mol. The Morgan fingerprint density at radius 2 is 1.71 bits per heavy atom. The quantitative estimate of drug-likeness (QED) is 0.791. The highest BCUT2D eigenvalue weighted by Gasteiger charge is 2.39. The summed E-state index contributed by atoms with van der Waals surface area (Å²) < 4.78 is 27.8. The smallest absolute Gasteiger partial charge is 0.245 e. The van der Waals surface area contributed by atoms with Crippen molar-refractivity contribution in [3.63, 3.8) is 0 Å². The van der Waals surface area contributed by atoms with Crippen LogP contribution in [0.1, 0.15) is 38.5 Å². The molecule has 0 aliphatic heterocycles. The number of anilines is 1. The van der Waals surface area contributed by atoms with Crippen LogP contribution in [0.25, 0.3) is 0 Å². The van der Waals surface area contributed by atoms with Gasteiger partial charge >= 0.3 is 0 Å². The molecule has 1 N–H and O–H groups in total. The minimum atomic E-state index is -1.19. The predicted molar refractivity (Wildman–Crippen MR) is 78.4 cm³/mol. The van der Waals surface area contributed by atoms with Crippen LogP contribution in [0, 0.1) is 28.4 Å². The largest absolute Gasteiger partial charge is 0.320 e. The lowest BCUT2D eigenvalue weighted by molar-refractivity contribution is -0.123. The van der Waals surface area contributed by atoms with E-state index in [4.69, 9.17) is 0 Å². The molecule has 1 saturated carbocycles. The summed E-state index contributed by atoms with van der Waals surface area (Å²) in [5, 5.41) is 11.7. The SMILES string of the molecule is N#CC1(C(=O)Nc2c(F)cc(Br)cc2F)CCCCCC1. The molecule has 1 aromatic carbocycles. The number of rotatable bonds is 2.